The first kappa shape index (κ1) is 14.2. The zero-order valence-electron chi connectivity index (χ0n) is 12.5. The van der Waals surface area contributed by atoms with Gasteiger partial charge in [-0.1, -0.05) is 36.5 Å². The molecule has 21 heavy (non-hydrogen) atoms. The summed E-state index contributed by atoms with van der Waals surface area (Å²) in [6.07, 6.45) is 0.882. The quantitative estimate of drug-likeness (QED) is 0.777. The van der Waals surface area contributed by atoms with Crippen molar-refractivity contribution in [2.75, 3.05) is 6.54 Å². The zero-order chi connectivity index (χ0) is 14.8. The van der Waals surface area contributed by atoms with Gasteiger partial charge in [0.25, 0.3) is 0 Å². The number of aryl methyl sites for hydroxylation is 2. The van der Waals surface area contributed by atoms with E-state index in [2.05, 4.69) is 59.9 Å². The van der Waals surface area contributed by atoms with Crippen molar-refractivity contribution in [2.24, 2.45) is 0 Å². The van der Waals surface area contributed by atoms with E-state index in [9.17, 15) is 0 Å². The standard InChI is InChI=1S/C16H19N3OS/c1-4-12-16(21-19-18-12)14(17-5-2)13-9-11-8-6-7-10(3)15(11)20-13/h6-9,14,17H,4-5H2,1-3H3. The van der Waals surface area contributed by atoms with E-state index in [1.54, 1.807) is 0 Å². The molecule has 3 aromatic rings. The van der Waals surface area contributed by atoms with Crippen molar-refractivity contribution in [3.8, 4) is 0 Å². The van der Waals surface area contributed by atoms with Crippen molar-refractivity contribution in [1.29, 1.82) is 0 Å². The molecule has 3 rings (SSSR count). The van der Waals surface area contributed by atoms with E-state index in [0.29, 0.717) is 0 Å². The molecule has 0 radical (unpaired) electrons. The molecule has 1 atom stereocenters. The van der Waals surface area contributed by atoms with Gasteiger partial charge in [0.2, 0.25) is 0 Å². The van der Waals surface area contributed by atoms with Crippen LogP contribution in [0.2, 0.25) is 0 Å². The summed E-state index contributed by atoms with van der Waals surface area (Å²) in [6, 6.07) is 8.37. The highest BCUT2D eigenvalue weighted by Gasteiger charge is 2.23. The molecule has 0 aliphatic rings. The van der Waals surface area contributed by atoms with Crippen molar-refractivity contribution in [3.63, 3.8) is 0 Å². The number of hydrogen-bond donors (Lipinski definition) is 1. The fourth-order valence-electron chi connectivity index (χ4n) is 2.58. The van der Waals surface area contributed by atoms with Crippen molar-refractivity contribution >= 4 is 22.5 Å². The molecule has 0 bridgehead atoms. The molecule has 0 saturated heterocycles. The normalized spacial score (nSPS) is 12.9. The summed E-state index contributed by atoms with van der Waals surface area (Å²) >= 11 is 1.45. The van der Waals surface area contributed by atoms with E-state index >= 15 is 0 Å². The van der Waals surface area contributed by atoms with Crippen LogP contribution in [0.1, 0.15) is 41.8 Å². The van der Waals surface area contributed by atoms with Crippen LogP contribution in [-0.2, 0) is 6.42 Å². The zero-order valence-corrected chi connectivity index (χ0v) is 13.3. The number of hydrogen-bond acceptors (Lipinski definition) is 5. The predicted molar refractivity (Wildman–Crippen MR) is 85.8 cm³/mol. The van der Waals surface area contributed by atoms with Gasteiger partial charge in [-0.15, -0.1) is 5.10 Å². The van der Waals surface area contributed by atoms with Gasteiger partial charge in [-0.3, -0.25) is 0 Å². The first-order valence-electron chi connectivity index (χ1n) is 7.28. The second kappa shape index (κ2) is 5.95. The molecule has 110 valence electrons. The Hall–Kier alpha value is -1.72. The maximum atomic E-state index is 6.13. The number of rotatable bonds is 5. The predicted octanol–water partition coefficient (Wildman–Crippen LogP) is 3.85. The highest BCUT2D eigenvalue weighted by Crippen LogP contribution is 2.32. The van der Waals surface area contributed by atoms with Gasteiger partial charge in [0.05, 0.1) is 10.6 Å². The average Bonchev–Trinajstić information content (AvgIpc) is 3.11. The number of aromatic nitrogens is 2. The minimum absolute atomic E-state index is 0.0248. The van der Waals surface area contributed by atoms with Gasteiger partial charge >= 0.3 is 0 Å². The SMILES string of the molecule is CCNC(c1cc2cccc(C)c2o1)c1snnc1CC. The summed E-state index contributed by atoms with van der Waals surface area (Å²) in [7, 11) is 0. The maximum absolute atomic E-state index is 6.13. The van der Waals surface area contributed by atoms with Gasteiger partial charge in [0.15, 0.2) is 0 Å². The van der Waals surface area contributed by atoms with E-state index in [0.717, 1.165) is 45.8 Å². The van der Waals surface area contributed by atoms with E-state index < -0.39 is 0 Å². The number of nitrogens with one attached hydrogen (secondary N) is 1. The van der Waals surface area contributed by atoms with Gasteiger partial charge < -0.3 is 9.73 Å². The lowest BCUT2D eigenvalue weighted by atomic mass is 10.1. The Morgan fingerprint density at radius 1 is 1.33 bits per heavy atom. The van der Waals surface area contributed by atoms with Crippen LogP contribution in [0.15, 0.2) is 28.7 Å². The first-order chi connectivity index (χ1) is 10.2. The first-order valence-corrected chi connectivity index (χ1v) is 8.05. The maximum Gasteiger partial charge on any atom is 0.137 e. The minimum Gasteiger partial charge on any atom is -0.459 e. The Kier molecular flexibility index (Phi) is 4.03. The van der Waals surface area contributed by atoms with Gasteiger partial charge in [0.1, 0.15) is 17.4 Å². The van der Waals surface area contributed by atoms with Crippen LogP contribution in [-0.4, -0.2) is 16.1 Å². The molecule has 5 heteroatoms. The minimum atomic E-state index is 0.0248. The number of fused-ring (bicyclic) bond motifs is 1. The van der Waals surface area contributed by atoms with Crippen LogP contribution in [0.4, 0.5) is 0 Å². The highest BCUT2D eigenvalue weighted by molar-refractivity contribution is 7.05. The molecule has 2 heterocycles. The Labute approximate surface area is 128 Å². The third-order valence-electron chi connectivity index (χ3n) is 3.64. The van der Waals surface area contributed by atoms with Gasteiger partial charge in [-0.2, -0.15) is 0 Å². The molecule has 0 amide bonds. The molecular weight excluding hydrogens is 282 g/mol. The van der Waals surface area contributed by atoms with Gasteiger partial charge in [-0.25, -0.2) is 0 Å². The fourth-order valence-corrected chi connectivity index (χ4v) is 3.40. The van der Waals surface area contributed by atoms with Gasteiger partial charge in [-0.05, 0) is 43.1 Å². The Bertz CT molecular complexity index is 747. The van der Waals surface area contributed by atoms with E-state index in [-0.39, 0.29) is 6.04 Å². The average molecular weight is 301 g/mol. The third-order valence-corrected chi connectivity index (χ3v) is 4.47. The molecule has 2 aromatic heterocycles. The number of para-hydroxylation sites is 1. The summed E-state index contributed by atoms with van der Waals surface area (Å²) in [5.74, 6) is 0.932. The molecule has 0 spiro atoms. The molecule has 0 aliphatic heterocycles. The van der Waals surface area contributed by atoms with Crippen molar-refractivity contribution in [3.05, 3.63) is 46.2 Å². The Morgan fingerprint density at radius 2 is 2.19 bits per heavy atom. The van der Waals surface area contributed by atoms with E-state index in [4.69, 9.17) is 4.42 Å². The van der Waals surface area contributed by atoms with Crippen LogP contribution >= 0.6 is 11.5 Å². The van der Waals surface area contributed by atoms with Crippen molar-refractivity contribution in [1.82, 2.24) is 14.9 Å². The van der Waals surface area contributed by atoms with Crippen molar-refractivity contribution in [2.45, 2.75) is 33.2 Å². The van der Waals surface area contributed by atoms with E-state index in [1.165, 1.54) is 11.5 Å². The topological polar surface area (TPSA) is 51.0 Å². The Balaban J connectivity index is 2.09. The Morgan fingerprint density at radius 3 is 2.90 bits per heavy atom. The lowest BCUT2D eigenvalue weighted by molar-refractivity contribution is 0.478. The summed E-state index contributed by atoms with van der Waals surface area (Å²) in [5.41, 5.74) is 3.17. The summed E-state index contributed by atoms with van der Waals surface area (Å²) in [4.78, 5) is 1.15. The van der Waals surface area contributed by atoms with Crippen LogP contribution in [0.3, 0.4) is 0 Å². The summed E-state index contributed by atoms with van der Waals surface area (Å²) in [6.45, 7) is 7.14. The highest BCUT2D eigenvalue weighted by atomic mass is 32.1. The summed E-state index contributed by atoms with van der Waals surface area (Å²) < 4.78 is 10.2. The molecule has 1 unspecified atom stereocenters. The monoisotopic (exact) mass is 301 g/mol. The molecule has 1 N–H and O–H groups in total. The smallest absolute Gasteiger partial charge is 0.137 e. The lowest BCUT2D eigenvalue weighted by Crippen LogP contribution is -2.21. The van der Waals surface area contributed by atoms with Crippen LogP contribution in [0.5, 0.6) is 0 Å². The molecule has 0 aliphatic carbocycles. The number of furan rings is 1. The number of nitrogens with zero attached hydrogens (tertiary/aromatic N) is 2. The number of benzene rings is 1. The van der Waals surface area contributed by atoms with Crippen molar-refractivity contribution < 1.29 is 4.42 Å². The third kappa shape index (κ3) is 2.59. The second-order valence-electron chi connectivity index (χ2n) is 5.07. The van der Waals surface area contributed by atoms with E-state index in [1.807, 2.05) is 0 Å². The van der Waals surface area contributed by atoms with Crippen LogP contribution in [0.25, 0.3) is 11.0 Å². The largest absolute Gasteiger partial charge is 0.459 e. The summed E-state index contributed by atoms with van der Waals surface area (Å²) in [5, 5.41) is 8.86. The second-order valence-corrected chi connectivity index (χ2v) is 5.86. The fraction of sp³-hybridized carbons (Fsp3) is 0.375. The molecular formula is C16H19N3OS. The lowest BCUT2D eigenvalue weighted by Gasteiger charge is -2.14. The van der Waals surface area contributed by atoms with Gasteiger partial charge in [0, 0.05) is 5.39 Å². The van der Waals surface area contributed by atoms with Crippen LogP contribution < -0.4 is 5.32 Å². The molecule has 4 nitrogen and oxygen atoms in total. The molecule has 0 saturated carbocycles. The molecule has 0 fully saturated rings. The molecule has 1 aromatic carbocycles. The van der Waals surface area contributed by atoms with Crippen LogP contribution in [0, 0.1) is 6.92 Å².